The van der Waals surface area contributed by atoms with Crippen LogP contribution >= 0.6 is 0 Å². The van der Waals surface area contributed by atoms with Gasteiger partial charge in [-0.3, -0.25) is 14.4 Å². The van der Waals surface area contributed by atoms with Crippen LogP contribution in [0.4, 0.5) is 0 Å². The summed E-state index contributed by atoms with van der Waals surface area (Å²) in [4.78, 5) is 38.2. The third-order valence-corrected chi connectivity index (χ3v) is 14.9. The second-order valence-electron chi connectivity index (χ2n) is 22.7. The van der Waals surface area contributed by atoms with Crippen LogP contribution in [-0.4, -0.2) is 37.2 Å². The number of ether oxygens (including phenoxy) is 3. The van der Waals surface area contributed by atoms with Crippen molar-refractivity contribution in [3.8, 4) is 0 Å². The Morgan fingerprint density at radius 2 is 0.526 bits per heavy atom. The van der Waals surface area contributed by atoms with Crippen LogP contribution in [0.3, 0.4) is 0 Å². The molecule has 0 aromatic rings. The molecule has 0 rings (SSSR count). The van der Waals surface area contributed by atoms with Crippen molar-refractivity contribution in [3.63, 3.8) is 0 Å². The van der Waals surface area contributed by atoms with Crippen LogP contribution in [0.1, 0.15) is 348 Å². The fraction of sp³-hybridized carbons (Fsp3) is 0.792. The summed E-state index contributed by atoms with van der Waals surface area (Å²) in [5.41, 5.74) is 0. The summed E-state index contributed by atoms with van der Waals surface area (Å²) < 4.78 is 16.9. The van der Waals surface area contributed by atoms with Crippen LogP contribution in [0, 0.1) is 0 Å². The second kappa shape index (κ2) is 66.4. The van der Waals surface area contributed by atoms with Gasteiger partial charge in [-0.1, -0.05) is 318 Å². The van der Waals surface area contributed by atoms with Crippen molar-refractivity contribution in [1.29, 1.82) is 0 Å². The first kappa shape index (κ1) is 74.8. The van der Waals surface area contributed by atoms with E-state index in [1.165, 1.54) is 193 Å². The maximum absolute atomic E-state index is 12.9. The molecule has 0 aliphatic rings. The molecule has 0 amide bonds. The third kappa shape index (κ3) is 63.7. The Bertz CT molecular complexity index is 1440. The van der Waals surface area contributed by atoms with Gasteiger partial charge in [-0.15, -0.1) is 0 Å². The van der Waals surface area contributed by atoms with Crippen molar-refractivity contribution in [1.82, 2.24) is 0 Å². The van der Waals surface area contributed by atoms with Crippen LogP contribution < -0.4 is 0 Å². The number of esters is 3. The van der Waals surface area contributed by atoms with Gasteiger partial charge < -0.3 is 14.2 Å². The fourth-order valence-corrected chi connectivity index (χ4v) is 9.89. The molecule has 1 atom stereocenters. The third-order valence-electron chi connectivity index (χ3n) is 14.9. The summed E-state index contributed by atoms with van der Waals surface area (Å²) in [6, 6.07) is 0. The van der Waals surface area contributed by atoms with E-state index in [4.69, 9.17) is 14.2 Å². The van der Waals surface area contributed by atoms with Gasteiger partial charge in [0.25, 0.3) is 0 Å². The minimum atomic E-state index is -0.803. The number of unbranched alkanes of at least 4 members (excludes halogenated alkanes) is 39. The zero-order valence-electron chi connectivity index (χ0n) is 51.9. The van der Waals surface area contributed by atoms with E-state index < -0.39 is 6.10 Å². The van der Waals surface area contributed by atoms with E-state index in [2.05, 4.69) is 93.7 Å². The summed E-state index contributed by atoms with van der Waals surface area (Å²) in [7, 11) is 0. The molecule has 78 heavy (non-hydrogen) atoms. The number of hydrogen-bond donors (Lipinski definition) is 0. The van der Waals surface area contributed by atoms with Crippen molar-refractivity contribution in [2.75, 3.05) is 13.2 Å². The first-order valence-electron chi connectivity index (χ1n) is 33.9. The molecule has 0 saturated carbocycles. The van der Waals surface area contributed by atoms with Crippen molar-refractivity contribution < 1.29 is 28.6 Å². The molecular weight excluding hydrogens is 961 g/mol. The molecule has 0 aromatic heterocycles. The summed E-state index contributed by atoms with van der Waals surface area (Å²) in [6.45, 7) is 6.46. The maximum Gasteiger partial charge on any atom is 0.306 e. The largest absolute Gasteiger partial charge is 0.462 e. The number of carbonyl (C=O) groups excluding carboxylic acids is 3. The van der Waals surface area contributed by atoms with E-state index in [0.717, 1.165) is 109 Å². The van der Waals surface area contributed by atoms with Gasteiger partial charge in [0.2, 0.25) is 0 Å². The highest BCUT2D eigenvalue weighted by Gasteiger charge is 2.19. The van der Waals surface area contributed by atoms with E-state index >= 15 is 0 Å². The molecule has 0 N–H and O–H groups in total. The first-order valence-corrected chi connectivity index (χ1v) is 33.9. The average Bonchev–Trinajstić information content (AvgIpc) is 3.44. The Morgan fingerprint density at radius 1 is 0.269 bits per heavy atom. The highest BCUT2D eigenvalue weighted by molar-refractivity contribution is 5.71. The zero-order chi connectivity index (χ0) is 56.4. The SMILES string of the molecule is CC/C=C\C/C=C\C/C=C\C/C=C\CCCCC(=O)OC(COC(=O)CCCCCCC/C=C\C/C=C\CCC)COC(=O)CCCCCCCCCCCCCCCCCCCCCCCCCCCCCCCCCC. The van der Waals surface area contributed by atoms with Crippen molar-refractivity contribution >= 4 is 17.9 Å². The average molecular weight is 1090 g/mol. The molecule has 6 nitrogen and oxygen atoms in total. The molecule has 0 bridgehead atoms. The summed E-state index contributed by atoms with van der Waals surface area (Å²) in [6.07, 6.45) is 86.7. The summed E-state index contributed by atoms with van der Waals surface area (Å²) >= 11 is 0. The predicted molar refractivity (Wildman–Crippen MR) is 339 cm³/mol. The minimum Gasteiger partial charge on any atom is -0.462 e. The standard InChI is InChI=1S/C72H128O6/c1-4-7-10-13-16-19-22-25-27-28-29-30-31-32-33-34-35-36-37-38-39-40-41-42-43-45-47-50-53-56-59-62-65-71(74)77-68-69(67-76-70(73)64-61-58-55-52-49-46-24-21-18-15-12-9-6-3)78-72(75)66-63-60-57-54-51-48-44-26-23-20-17-14-11-8-5-2/h8,11-12,15,17,20-21,24,26,44,51,54,69H,4-7,9-10,13-14,16,18-19,22-23,25,27-43,45-50,52-53,55-68H2,1-3H3/b11-8-,15-12-,20-17-,24-21-,44-26-,54-51-. The Kier molecular flexibility index (Phi) is 63.7. The Hall–Kier alpha value is -3.15. The topological polar surface area (TPSA) is 78.9 Å². The molecule has 0 aliphatic carbocycles. The van der Waals surface area contributed by atoms with Crippen LogP contribution in [0.15, 0.2) is 72.9 Å². The molecule has 452 valence electrons. The lowest BCUT2D eigenvalue weighted by Crippen LogP contribution is -2.30. The van der Waals surface area contributed by atoms with Gasteiger partial charge in [0.15, 0.2) is 6.10 Å². The van der Waals surface area contributed by atoms with E-state index in [1.54, 1.807) is 0 Å². The molecule has 6 heteroatoms. The van der Waals surface area contributed by atoms with E-state index in [0.29, 0.717) is 19.3 Å². The Labute approximate surface area is 484 Å². The van der Waals surface area contributed by atoms with Crippen molar-refractivity contribution in [3.05, 3.63) is 72.9 Å². The van der Waals surface area contributed by atoms with Gasteiger partial charge in [-0.25, -0.2) is 0 Å². The van der Waals surface area contributed by atoms with Gasteiger partial charge in [0, 0.05) is 19.3 Å². The summed E-state index contributed by atoms with van der Waals surface area (Å²) in [5, 5.41) is 0. The quantitative estimate of drug-likeness (QED) is 0.0261. The van der Waals surface area contributed by atoms with E-state index in [9.17, 15) is 14.4 Å². The lowest BCUT2D eigenvalue weighted by molar-refractivity contribution is -0.167. The highest BCUT2D eigenvalue weighted by atomic mass is 16.6. The lowest BCUT2D eigenvalue weighted by atomic mass is 10.0. The minimum absolute atomic E-state index is 0.0943. The Morgan fingerprint density at radius 3 is 0.859 bits per heavy atom. The monoisotopic (exact) mass is 1090 g/mol. The van der Waals surface area contributed by atoms with Crippen molar-refractivity contribution in [2.45, 2.75) is 354 Å². The molecule has 0 saturated heterocycles. The number of allylic oxidation sites excluding steroid dienone is 12. The molecule has 0 heterocycles. The maximum atomic E-state index is 12.9. The van der Waals surface area contributed by atoms with Crippen LogP contribution in [0.5, 0.6) is 0 Å². The van der Waals surface area contributed by atoms with E-state index in [-0.39, 0.29) is 37.5 Å². The zero-order valence-corrected chi connectivity index (χ0v) is 51.9. The van der Waals surface area contributed by atoms with Gasteiger partial charge in [-0.2, -0.15) is 0 Å². The molecular formula is C72H128O6. The van der Waals surface area contributed by atoms with Gasteiger partial charge in [0.1, 0.15) is 13.2 Å². The molecule has 0 fully saturated rings. The lowest BCUT2D eigenvalue weighted by Gasteiger charge is -2.18. The van der Waals surface area contributed by atoms with Crippen LogP contribution in [0.2, 0.25) is 0 Å². The first-order chi connectivity index (χ1) is 38.5. The number of hydrogen-bond acceptors (Lipinski definition) is 6. The van der Waals surface area contributed by atoms with Gasteiger partial charge in [0.05, 0.1) is 0 Å². The Balaban J connectivity index is 4.14. The molecule has 0 spiro atoms. The summed E-state index contributed by atoms with van der Waals surface area (Å²) in [5.74, 6) is -0.938. The second-order valence-corrected chi connectivity index (χ2v) is 22.7. The smallest absolute Gasteiger partial charge is 0.306 e. The fourth-order valence-electron chi connectivity index (χ4n) is 9.89. The normalized spacial score (nSPS) is 12.5. The van der Waals surface area contributed by atoms with E-state index in [1.807, 2.05) is 0 Å². The number of carbonyl (C=O) groups is 3. The molecule has 0 aromatic carbocycles. The van der Waals surface area contributed by atoms with Crippen LogP contribution in [0.25, 0.3) is 0 Å². The highest BCUT2D eigenvalue weighted by Crippen LogP contribution is 2.18. The van der Waals surface area contributed by atoms with Crippen LogP contribution in [-0.2, 0) is 28.6 Å². The predicted octanol–water partition coefficient (Wildman–Crippen LogP) is 23.3. The van der Waals surface area contributed by atoms with Gasteiger partial charge >= 0.3 is 17.9 Å². The van der Waals surface area contributed by atoms with Crippen molar-refractivity contribution in [2.24, 2.45) is 0 Å². The molecule has 0 radical (unpaired) electrons. The number of rotatable bonds is 62. The molecule has 1 unspecified atom stereocenters. The van der Waals surface area contributed by atoms with Gasteiger partial charge in [-0.05, 0) is 83.5 Å². The molecule has 0 aliphatic heterocycles.